The van der Waals surface area contributed by atoms with Gasteiger partial charge < -0.3 is 25.0 Å². The van der Waals surface area contributed by atoms with Crippen molar-refractivity contribution in [3.05, 3.63) is 0 Å². The van der Waals surface area contributed by atoms with Gasteiger partial charge in [0.2, 0.25) is 5.91 Å². The van der Waals surface area contributed by atoms with Crippen LogP contribution in [0.15, 0.2) is 4.99 Å². The summed E-state index contributed by atoms with van der Waals surface area (Å²) in [5.74, 6) is 1.74. The number of nitrogens with zero attached hydrogens (tertiary/aromatic N) is 3. The minimum absolute atomic E-state index is 0. The first-order valence-corrected chi connectivity index (χ1v) is 11.3. The summed E-state index contributed by atoms with van der Waals surface area (Å²) in [7, 11) is 0. The van der Waals surface area contributed by atoms with Crippen LogP contribution in [0.3, 0.4) is 0 Å². The standard InChI is InChI=1S/C21H41N5O3.HI/c1-4-22-21(23-8-5-13-29-17-19-6-14-28-15-7-19)26-11-9-25(10-12-26)16-20(27)24-18(2)3;/h18-19H,4-17H2,1-3H3,(H,22,23)(H,24,27);1H. The summed E-state index contributed by atoms with van der Waals surface area (Å²) < 4.78 is 11.2. The van der Waals surface area contributed by atoms with E-state index in [9.17, 15) is 4.79 Å². The molecule has 0 aromatic rings. The van der Waals surface area contributed by atoms with E-state index >= 15 is 0 Å². The number of guanidine groups is 1. The molecular weight excluding hydrogens is 497 g/mol. The van der Waals surface area contributed by atoms with Crippen LogP contribution >= 0.6 is 24.0 Å². The van der Waals surface area contributed by atoms with Crippen LogP contribution in [-0.4, -0.2) is 99.9 Å². The molecule has 2 rings (SSSR count). The lowest BCUT2D eigenvalue weighted by atomic mass is 10.0. The van der Waals surface area contributed by atoms with Crippen molar-refractivity contribution in [1.29, 1.82) is 0 Å². The Kier molecular flexibility index (Phi) is 14.6. The molecule has 0 unspecified atom stereocenters. The lowest BCUT2D eigenvalue weighted by Crippen LogP contribution is -2.54. The van der Waals surface area contributed by atoms with E-state index in [4.69, 9.17) is 14.5 Å². The number of piperazine rings is 1. The van der Waals surface area contributed by atoms with Gasteiger partial charge >= 0.3 is 0 Å². The van der Waals surface area contributed by atoms with Crippen LogP contribution in [-0.2, 0) is 14.3 Å². The van der Waals surface area contributed by atoms with Gasteiger partial charge in [-0.25, -0.2) is 0 Å². The monoisotopic (exact) mass is 539 g/mol. The van der Waals surface area contributed by atoms with E-state index in [0.29, 0.717) is 12.5 Å². The molecule has 2 fully saturated rings. The fourth-order valence-electron chi connectivity index (χ4n) is 3.63. The summed E-state index contributed by atoms with van der Waals surface area (Å²) in [5.41, 5.74) is 0. The minimum Gasteiger partial charge on any atom is -0.381 e. The number of rotatable bonds is 10. The Balaban J connectivity index is 0.00000450. The maximum absolute atomic E-state index is 11.9. The van der Waals surface area contributed by atoms with E-state index in [1.807, 2.05) is 13.8 Å². The van der Waals surface area contributed by atoms with Crippen molar-refractivity contribution in [2.24, 2.45) is 10.9 Å². The highest BCUT2D eigenvalue weighted by Gasteiger charge is 2.21. The SMILES string of the molecule is CCNC(=NCCCOCC1CCOCC1)N1CCN(CC(=O)NC(C)C)CC1.I. The zero-order valence-electron chi connectivity index (χ0n) is 19.0. The van der Waals surface area contributed by atoms with E-state index in [1.54, 1.807) is 0 Å². The minimum atomic E-state index is 0. The highest BCUT2D eigenvalue weighted by molar-refractivity contribution is 14.0. The lowest BCUT2D eigenvalue weighted by Gasteiger charge is -2.36. The third-order valence-electron chi connectivity index (χ3n) is 5.23. The van der Waals surface area contributed by atoms with Crippen LogP contribution in [0.25, 0.3) is 0 Å². The summed E-state index contributed by atoms with van der Waals surface area (Å²) in [5, 5.41) is 6.36. The highest BCUT2D eigenvalue weighted by atomic mass is 127. The third kappa shape index (κ3) is 11.1. The summed E-state index contributed by atoms with van der Waals surface area (Å²) in [4.78, 5) is 21.2. The van der Waals surface area contributed by atoms with E-state index in [2.05, 4.69) is 27.4 Å². The van der Waals surface area contributed by atoms with Crippen LogP contribution in [0.2, 0.25) is 0 Å². The van der Waals surface area contributed by atoms with E-state index in [0.717, 1.165) is 90.9 Å². The Hall–Kier alpha value is -0.650. The number of aliphatic imine (C=N–C) groups is 1. The number of hydrogen-bond acceptors (Lipinski definition) is 5. The van der Waals surface area contributed by atoms with Gasteiger partial charge in [0.25, 0.3) is 0 Å². The summed E-state index contributed by atoms with van der Waals surface area (Å²) in [6, 6.07) is 0.192. The van der Waals surface area contributed by atoms with E-state index < -0.39 is 0 Å². The first-order chi connectivity index (χ1) is 14.1. The Labute approximate surface area is 199 Å². The molecule has 0 aromatic heterocycles. The fourth-order valence-corrected chi connectivity index (χ4v) is 3.63. The van der Waals surface area contributed by atoms with Gasteiger partial charge in [0.1, 0.15) is 0 Å². The zero-order chi connectivity index (χ0) is 20.9. The molecule has 8 nitrogen and oxygen atoms in total. The van der Waals surface area contributed by atoms with Crippen molar-refractivity contribution >= 4 is 35.8 Å². The molecule has 0 bridgehead atoms. The summed E-state index contributed by atoms with van der Waals surface area (Å²) in [6.07, 6.45) is 3.18. The predicted molar refractivity (Wildman–Crippen MR) is 132 cm³/mol. The van der Waals surface area contributed by atoms with Crippen molar-refractivity contribution < 1.29 is 14.3 Å². The van der Waals surface area contributed by atoms with Gasteiger partial charge in [-0.2, -0.15) is 0 Å². The second-order valence-corrected chi connectivity index (χ2v) is 8.21. The molecule has 2 saturated heterocycles. The number of halogens is 1. The van der Waals surface area contributed by atoms with Gasteiger partial charge in [-0.1, -0.05) is 0 Å². The molecule has 2 aliphatic rings. The molecule has 2 aliphatic heterocycles. The third-order valence-corrected chi connectivity index (χ3v) is 5.23. The van der Waals surface area contributed by atoms with Crippen LogP contribution in [0.4, 0.5) is 0 Å². The van der Waals surface area contributed by atoms with Gasteiger partial charge in [0.15, 0.2) is 5.96 Å². The average Bonchev–Trinajstić information content (AvgIpc) is 2.70. The summed E-state index contributed by atoms with van der Waals surface area (Å²) in [6.45, 7) is 15.1. The molecule has 0 radical (unpaired) electrons. The summed E-state index contributed by atoms with van der Waals surface area (Å²) >= 11 is 0. The zero-order valence-corrected chi connectivity index (χ0v) is 21.4. The molecular formula is C21H42IN5O3. The van der Waals surface area contributed by atoms with Gasteiger partial charge in [-0.15, -0.1) is 24.0 Å². The van der Waals surface area contributed by atoms with Crippen molar-refractivity contribution in [2.45, 2.75) is 46.1 Å². The molecule has 0 saturated carbocycles. The average molecular weight is 540 g/mol. The number of hydrogen-bond donors (Lipinski definition) is 2. The molecule has 0 spiro atoms. The maximum Gasteiger partial charge on any atom is 0.234 e. The Morgan fingerprint density at radius 1 is 1.20 bits per heavy atom. The van der Waals surface area contributed by atoms with Crippen molar-refractivity contribution in [1.82, 2.24) is 20.4 Å². The smallest absolute Gasteiger partial charge is 0.234 e. The second kappa shape index (κ2) is 16.0. The number of ether oxygens (including phenoxy) is 2. The molecule has 1 amide bonds. The van der Waals surface area contributed by atoms with Crippen LogP contribution in [0.5, 0.6) is 0 Å². The first-order valence-electron chi connectivity index (χ1n) is 11.3. The van der Waals surface area contributed by atoms with Gasteiger partial charge in [-0.05, 0) is 46.0 Å². The quantitative estimate of drug-likeness (QED) is 0.190. The van der Waals surface area contributed by atoms with Gasteiger partial charge in [0, 0.05) is 71.7 Å². The molecule has 0 aromatic carbocycles. The Morgan fingerprint density at radius 3 is 2.53 bits per heavy atom. The van der Waals surface area contributed by atoms with Gasteiger partial charge in [0.05, 0.1) is 6.54 Å². The Morgan fingerprint density at radius 2 is 1.90 bits per heavy atom. The first kappa shape index (κ1) is 27.4. The Bertz CT molecular complexity index is 493. The second-order valence-electron chi connectivity index (χ2n) is 8.21. The molecule has 176 valence electrons. The molecule has 2 heterocycles. The van der Waals surface area contributed by atoms with Crippen molar-refractivity contribution in [3.63, 3.8) is 0 Å². The molecule has 9 heteroatoms. The van der Waals surface area contributed by atoms with Crippen molar-refractivity contribution in [3.8, 4) is 0 Å². The number of amides is 1. The maximum atomic E-state index is 11.9. The van der Waals surface area contributed by atoms with E-state index in [-0.39, 0.29) is 35.9 Å². The number of carbonyl (C=O) groups is 1. The fraction of sp³-hybridized carbons (Fsp3) is 0.905. The topological polar surface area (TPSA) is 78.4 Å². The van der Waals surface area contributed by atoms with Crippen LogP contribution < -0.4 is 10.6 Å². The van der Waals surface area contributed by atoms with Gasteiger partial charge in [-0.3, -0.25) is 14.7 Å². The predicted octanol–water partition coefficient (Wildman–Crippen LogP) is 1.55. The molecule has 0 aliphatic carbocycles. The molecule has 0 atom stereocenters. The number of carbonyl (C=O) groups excluding carboxylic acids is 1. The largest absolute Gasteiger partial charge is 0.381 e. The highest BCUT2D eigenvalue weighted by Crippen LogP contribution is 2.14. The van der Waals surface area contributed by atoms with Crippen LogP contribution in [0.1, 0.15) is 40.0 Å². The normalized spacial score (nSPS) is 18.9. The lowest BCUT2D eigenvalue weighted by molar-refractivity contribution is -0.123. The van der Waals surface area contributed by atoms with Crippen LogP contribution in [0, 0.1) is 5.92 Å². The molecule has 2 N–H and O–H groups in total. The van der Waals surface area contributed by atoms with E-state index in [1.165, 1.54) is 0 Å². The number of nitrogens with one attached hydrogen (secondary N) is 2. The van der Waals surface area contributed by atoms with Crippen molar-refractivity contribution in [2.75, 3.05) is 72.2 Å². The molecule has 30 heavy (non-hydrogen) atoms.